The van der Waals surface area contributed by atoms with E-state index in [2.05, 4.69) is 11.1 Å². The van der Waals surface area contributed by atoms with Crippen molar-refractivity contribution in [3.8, 4) is 5.40 Å². The maximum Gasteiger partial charge on any atom is 0.144 e. The van der Waals surface area contributed by atoms with E-state index in [0.717, 1.165) is 5.52 Å². The average Bonchev–Trinajstić information content (AvgIpc) is 2.67. The summed E-state index contributed by atoms with van der Waals surface area (Å²) in [6.45, 7) is 0. The molecule has 0 N–H and O–H groups in total. The summed E-state index contributed by atoms with van der Waals surface area (Å²) in [6.07, 6.45) is 1.87. The highest BCUT2D eigenvalue weighted by Crippen LogP contribution is 2.15. The molecule has 0 unspecified atom stereocenters. The van der Waals surface area contributed by atoms with E-state index < -0.39 is 0 Å². The maximum atomic E-state index is 7.76. The summed E-state index contributed by atoms with van der Waals surface area (Å²) in [5, 5.41) is 9.66. The van der Waals surface area contributed by atoms with Gasteiger partial charge in [-0.15, -0.1) is 11.3 Å². The minimum atomic E-state index is 1.10. The predicted octanol–water partition coefficient (Wildman–Crippen LogP) is 3.77. The Kier molecular flexibility index (Phi) is 5.45. The molecule has 0 saturated heterocycles. The minimum Gasteiger partial charge on any atom is -0.245 e. The lowest BCUT2D eigenvalue weighted by Crippen LogP contribution is -1.61. The molecular formula is C9H8N2S3. The molecule has 0 aliphatic rings. The first-order chi connectivity index (χ1) is 6.88. The number of thiazole rings is 1. The van der Waals surface area contributed by atoms with Crippen LogP contribution in [0.5, 0.6) is 0 Å². The van der Waals surface area contributed by atoms with Crippen molar-refractivity contribution in [2.75, 3.05) is 6.26 Å². The second-order valence-electron chi connectivity index (χ2n) is 2.16. The van der Waals surface area contributed by atoms with E-state index in [1.807, 2.05) is 35.4 Å². The smallest absolute Gasteiger partial charge is 0.144 e. The maximum absolute atomic E-state index is 7.76. The Morgan fingerprint density at radius 1 is 1.43 bits per heavy atom. The van der Waals surface area contributed by atoms with Crippen molar-refractivity contribution in [3.05, 3.63) is 29.8 Å². The molecule has 0 aliphatic carbocycles. The molecule has 0 aliphatic heterocycles. The topological polar surface area (TPSA) is 36.7 Å². The summed E-state index contributed by atoms with van der Waals surface area (Å²) in [5.41, 5.74) is 2.97. The quantitative estimate of drug-likeness (QED) is 0.561. The number of fused-ring (bicyclic) bond motifs is 1. The molecule has 0 bridgehead atoms. The Labute approximate surface area is 94.7 Å². The lowest BCUT2D eigenvalue weighted by atomic mass is 10.3. The summed E-state index contributed by atoms with van der Waals surface area (Å²) in [5.74, 6) is 0. The number of rotatable bonds is 1. The highest BCUT2D eigenvalue weighted by molar-refractivity contribution is 8.78. The molecule has 0 fully saturated rings. The second kappa shape index (κ2) is 6.71. The molecule has 1 heterocycles. The Morgan fingerprint density at radius 2 is 2.21 bits per heavy atom. The van der Waals surface area contributed by atoms with E-state index in [4.69, 9.17) is 5.26 Å². The van der Waals surface area contributed by atoms with Gasteiger partial charge in [-0.1, -0.05) is 22.9 Å². The first-order valence-corrected chi connectivity index (χ1v) is 7.19. The monoisotopic (exact) mass is 240 g/mol. The molecule has 5 heteroatoms. The average molecular weight is 240 g/mol. The fourth-order valence-corrected chi connectivity index (χ4v) is 1.82. The fourth-order valence-electron chi connectivity index (χ4n) is 0.841. The van der Waals surface area contributed by atoms with E-state index in [-0.39, 0.29) is 0 Å². The van der Waals surface area contributed by atoms with E-state index >= 15 is 0 Å². The molecule has 0 saturated carbocycles. The third kappa shape index (κ3) is 3.58. The van der Waals surface area contributed by atoms with Crippen molar-refractivity contribution in [1.29, 1.82) is 5.26 Å². The molecule has 1 aromatic heterocycles. The molecule has 0 amide bonds. The van der Waals surface area contributed by atoms with Crippen LogP contribution in [0.1, 0.15) is 0 Å². The van der Waals surface area contributed by atoms with Crippen molar-refractivity contribution >= 4 is 43.1 Å². The number of benzene rings is 1. The second-order valence-corrected chi connectivity index (χ2v) is 5.23. The zero-order chi connectivity index (χ0) is 10.2. The molecule has 2 aromatic rings. The van der Waals surface area contributed by atoms with Crippen LogP contribution in [0.15, 0.2) is 29.8 Å². The number of nitriles is 1. The van der Waals surface area contributed by atoms with Gasteiger partial charge in [0.1, 0.15) is 5.40 Å². The number of thiocyanates is 1. The summed E-state index contributed by atoms with van der Waals surface area (Å²) < 4.78 is 1.26. The summed E-state index contributed by atoms with van der Waals surface area (Å²) in [4.78, 5) is 4.14. The standard InChI is InChI=1S/C7H5NS.C2H3NS2/c1-2-4-7-6(3-1)8-5-9-7;1-4-5-2-3/h1-5H;1H3. The number of nitrogens with zero attached hydrogens (tertiary/aromatic N) is 2. The number of hydrogen-bond donors (Lipinski definition) is 0. The number of hydrogen-bond acceptors (Lipinski definition) is 5. The van der Waals surface area contributed by atoms with Crippen LogP contribution >= 0.6 is 32.9 Å². The minimum absolute atomic E-state index is 1.10. The predicted molar refractivity (Wildman–Crippen MR) is 66.3 cm³/mol. The molecule has 0 radical (unpaired) electrons. The summed E-state index contributed by atoms with van der Waals surface area (Å²) >= 11 is 1.68. The Balaban J connectivity index is 0.000000171. The highest BCUT2D eigenvalue weighted by Gasteiger charge is 1.89. The van der Waals surface area contributed by atoms with Gasteiger partial charge in [-0.3, -0.25) is 0 Å². The Hall–Kier alpha value is -0.700. The first-order valence-electron chi connectivity index (χ1n) is 3.75. The summed E-state index contributed by atoms with van der Waals surface area (Å²) in [7, 11) is 2.64. The van der Waals surface area contributed by atoms with Gasteiger partial charge in [0, 0.05) is 10.8 Å². The van der Waals surface area contributed by atoms with Crippen molar-refractivity contribution in [1.82, 2.24) is 4.98 Å². The van der Waals surface area contributed by atoms with Gasteiger partial charge in [-0.25, -0.2) is 4.98 Å². The van der Waals surface area contributed by atoms with E-state index in [1.54, 1.807) is 11.3 Å². The molecular weight excluding hydrogens is 232 g/mol. The fraction of sp³-hybridized carbons (Fsp3) is 0.111. The van der Waals surface area contributed by atoms with Gasteiger partial charge >= 0.3 is 0 Å². The van der Waals surface area contributed by atoms with Gasteiger partial charge in [-0.2, -0.15) is 5.26 Å². The number of aromatic nitrogens is 1. The number of para-hydroxylation sites is 1. The normalized spacial score (nSPS) is 8.86. The van der Waals surface area contributed by atoms with Crippen LogP contribution in [-0.4, -0.2) is 11.2 Å². The van der Waals surface area contributed by atoms with Crippen molar-refractivity contribution < 1.29 is 0 Å². The van der Waals surface area contributed by atoms with Crippen LogP contribution in [0.3, 0.4) is 0 Å². The largest absolute Gasteiger partial charge is 0.245 e. The molecule has 72 valence electrons. The Bertz CT molecular complexity index is 389. The van der Waals surface area contributed by atoms with Crippen LogP contribution in [0, 0.1) is 10.7 Å². The molecule has 1 aromatic carbocycles. The van der Waals surface area contributed by atoms with Gasteiger partial charge in [0.2, 0.25) is 0 Å². The lowest BCUT2D eigenvalue weighted by molar-refractivity contribution is 1.50. The van der Waals surface area contributed by atoms with Gasteiger partial charge in [-0.05, 0) is 18.4 Å². The third-order valence-electron chi connectivity index (χ3n) is 1.36. The zero-order valence-corrected chi connectivity index (χ0v) is 9.96. The van der Waals surface area contributed by atoms with Crippen LogP contribution in [0.25, 0.3) is 10.2 Å². The highest BCUT2D eigenvalue weighted by atomic mass is 33.1. The molecule has 0 atom stereocenters. The van der Waals surface area contributed by atoms with Crippen LogP contribution in [0.2, 0.25) is 0 Å². The molecule has 2 rings (SSSR count). The third-order valence-corrected chi connectivity index (χ3v) is 3.13. The molecule has 0 spiro atoms. The zero-order valence-electron chi connectivity index (χ0n) is 7.51. The van der Waals surface area contributed by atoms with Gasteiger partial charge < -0.3 is 0 Å². The van der Waals surface area contributed by atoms with Crippen LogP contribution in [0.4, 0.5) is 0 Å². The van der Waals surface area contributed by atoms with Gasteiger partial charge in [0.15, 0.2) is 0 Å². The van der Waals surface area contributed by atoms with Gasteiger partial charge in [0.05, 0.1) is 15.7 Å². The van der Waals surface area contributed by atoms with Gasteiger partial charge in [0.25, 0.3) is 0 Å². The molecule has 2 nitrogen and oxygen atoms in total. The van der Waals surface area contributed by atoms with Crippen molar-refractivity contribution in [2.45, 2.75) is 0 Å². The first kappa shape index (κ1) is 11.4. The van der Waals surface area contributed by atoms with Crippen LogP contribution in [-0.2, 0) is 0 Å². The van der Waals surface area contributed by atoms with E-state index in [0.29, 0.717) is 0 Å². The SMILES string of the molecule is CSSC#N.c1ccc2scnc2c1. The van der Waals surface area contributed by atoms with Crippen molar-refractivity contribution in [2.24, 2.45) is 0 Å². The van der Waals surface area contributed by atoms with E-state index in [9.17, 15) is 0 Å². The van der Waals surface area contributed by atoms with Crippen molar-refractivity contribution in [3.63, 3.8) is 0 Å². The lowest BCUT2D eigenvalue weighted by Gasteiger charge is -1.80. The molecule has 14 heavy (non-hydrogen) atoms. The summed E-state index contributed by atoms with van der Waals surface area (Å²) in [6, 6.07) is 8.13. The van der Waals surface area contributed by atoms with Crippen LogP contribution < -0.4 is 0 Å². The Morgan fingerprint density at radius 3 is 2.79 bits per heavy atom. The van der Waals surface area contributed by atoms with E-state index in [1.165, 1.54) is 26.3 Å².